The van der Waals surface area contributed by atoms with Crippen molar-refractivity contribution in [2.45, 2.75) is 66.7 Å². The van der Waals surface area contributed by atoms with E-state index in [1.165, 1.54) is 87.1 Å². The largest absolute Gasteiger partial charge is 0.288 e. The Morgan fingerprint density at radius 1 is 0.778 bits per heavy atom. The van der Waals surface area contributed by atoms with Crippen LogP contribution in [0.4, 0.5) is 0 Å². The van der Waals surface area contributed by atoms with Gasteiger partial charge in [-0.2, -0.15) is 0 Å². The number of thiophene rings is 2. The minimum Gasteiger partial charge on any atom is -0.288 e. The van der Waals surface area contributed by atoms with Crippen LogP contribution in [0.15, 0.2) is 32.7 Å². The summed E-state index contributed by atoms with van der Waals surface area (Å²) < 4.78 is 2.84. The molecule has 0 N–H and O–H groups in total. The quantitative estimate of drug-likeness (QED) is 0.208. The Hall–Kier alpha value is 0.120. The van der Waals surface area contributed by atoms with Gasteiger partial charge in [0.05, 0.1) is 8.42 Å². The standard InChI is InChI=1S/C21H30OS5/c1-17(22)24-15-9-7-5-3-4-6-8-10-16-25-21-14-12-19(27-21)18-11-13-20(23-2)26-18/h11-14H,3-10,15-16H2,1-2H3. The van der Waals surface area contributed by atoms with E-state index in [1.54, 1.807) is 6.92 Å². The van der Waals surface area contributed by atoms with Crippen molar-refractivity contribution in [2.24, 2.45) is 0 Å². The Morgan fingerprint density at radius 3 is 1.85 bits per heavy atom. The van der Waals surface area contributed by atoms with E-state index < -0.39 is 0 Å². The number of unbranched alkanes of at least 4 members (excludes halogenated alkanes) is 7. The Bertz CT molecular complexity index is 661. The fourth-order valence-corrected chi connectivity index (χ4v) is 7.22. The van der Waals surface area contributed by atoms with Gasteiger partial charge in [-0.15, -0.1) is 46.2 Å². The maximum absolute atomic E-state index is 10.8. The summed E-state index contributed by atoms with van der Waals surface area (Å²) in [6.45, 7) is 1.66. The highest BCUT2D eigenvalue weighted by atomic mass is 32.2. The Kier molecular flexibility index (Phi) is 12.3. The van der Waals surface area contributed by atoms with Crippen LogP contribution in [0.25, 0.3) is 9.75 Å². The van der Waals surface area contributed by atoms with Gasteiger partial charge in [0, 0.05) is 22.4 Å². The molecule has 27 heavy (non-hydrogen) atoms. The Morgan fingerprint density at radius 2 is 1.30 bits per heavy atom. The second-order valence-electron chi connectivity index (χ2n) is 6.46. The van der Waals surface area contributed by atoms with Gasteiger partial charge in [0.2, 0.25) is 0 Å². The minimum absolute atomic E-state index is 0.253. The normalized spacial score (nSPS) is 11.2. The minimum atomic E-state index is 0.253. The summed E-state index contributed by atoms with van der Waals surface area (Å²) in [5.74, 6) is 2.24. The summed E-state index contributed by atoms with van der Waals surface area (Å²) in [4.78, 5) is 13.6. The molecular weight excluding hydrogens is 429 g/mol. The van der Waals surface area contributed by atoms with Crippen LogP contribution in [-0.4, -0.2) is 22.9 Å². The maximum Gasteiger partial charge on any atom is 0.185 e. The molecular formula is C21H30OS5. The van der Waals surface area contributed by atoms with Gasteiger partial charge in [0.1, 0.15) is 0 Å². The average molecular weight is 459 g/mol. The predicted molar refractivity (Wildman–Crippen MR) is 130 cm³/mol. The van der Waals surface area contributed by atoms with Gasteiger partial charge in [0.15, 0.2) is 5.12 Å². The SMILES string of the molecule is CSc1ccc(-c2ccc(SCCCCCCCCCCSC(C)=O)s2)s1. The van der Waals surface area contributed by atoms with E-state index in [1.807, 2.05) is 46.2 Å². The third-order valence-electron chi connectivity index (χ3n) is 4.20. The average Bonchev–Trinajstić information content (AvgIpc) is 3.31. The maximum atomic E-state index is 10.8. The van der Waals surface area contributed by atoms with Crippen molar-refractivity contribution < 1.29 is 4.79 Å². The molecule has 1 nitrogen and oxygen atoms in total. The zero-order valence-electron chi connectivity index (χ0n) is 16.3. The van der Waals surface area contributed by atoms with Crippen LogP contribution in [-0.2, 0) is 4.79 Å². The molecule has 150 valence electrons. The molecule has 0 radical (unpaired) electrons. The van der Waals surface area contributed by atoms with Gasteiger partial charge in [-0.3, -0.25) is 4.79 Å². The van der Waals surface area contributed by atoms with E-state index in [9.17, 15) is 4.79 Å². The lowest BCUT2D eigenvalue weighted by atomic mass is 10.1. The van der Waals surface area contributed by atoms with Crippen LogP contribution in [0.5, 0.6) is 0 Å². The van der Waals surface area contributed by atoms with Crippen LogP contribution in [0.2, 0.25) is 0 Å². The van der Waals surface area contributed by atoms with Crippen LogP contribution in [0.3, 0.4) is 0 Å². The Labute approximate surface area is 185 Å². The molecule has 0 atom stereocenters. The highest BCUT2D eigenvalue weighted by Crippen LogP contribution is 2.39. The number of hydrogen-bond donors (Lipinski definition) is 0. The molecule has 2 rings (SSSR count). The molecule has 0 saturated heterocycles. The van der Waals surface area contributed by atoms with Crippen molar-refractivity contribution in [1.82, 2.24) is 0 Å². The van der Waals surface area contributed by atoms with E-state index in [0.29, 0.717) is 0 Å². The molecule has 2 heterocycles. The van der Waals surface area contributed by atoms with Gasteiger partial charge in [-0.1, -0.05) is 50.3 Å². The van der Waals surface area contributed by atoms with Crippen molar-refractivity contribution in [1.29, 1.82) is 0 Å². The highest BCUT2D eigenvalue weighted by Gasteiger charge is 2.06. The fourth-order valence-electron chi connectivity index (χ4n) is 2.75. The lowest BCUT2D eigenvalue weighted by Crippen LogP contribution is -1.87. The van der Waals surface area contributed by atoms with E-state index >= 15 is 0 Å². The second kappa shape index (κ2) is 14.2. The second-order valence-corrected chi connectivity index (χ2v) is 12.4. The molecule has 0 aromatic carbocycles. The lowest BCUT2D eigenvalue weighted by Gasteiger charge is -2.02. The van der Waals surface area contributed by atoms with Crippen LogP contribution >= 0.6 is 58.0 Å². The molecule has 0 bridgehead atoms. The zero-order chi connectivity index (χ0) is 19.3. The number of carbonyl (C=O) groups excluding carboxylic acids is 1. The number of rotatable bonds is 14. The molecule has 0 aliphatic heterocycles. The van der Waals surface area contributed by atoms with E-state index in [4.69, 9.17) is 0 Å². The number of thioether (sulfide) groups is 3. The van der Waals surface area contributed by atoms with Gasteiger partial charge in [-0.25, -0.2) is 0 Å². The molecule has 0 amide bonds. The van der Waals surface area contributed by atoms with Crippen molar-refractivity contribution in [3.63, 3.8) is 0 Å². The monoisotopic (exact) mass is 458 g/mol. The van der Waals surface area contributed by atoms with E-state index in [2.05, 4.69) is 30.5 Å². The molecule has 2 aromatic rings. The number of carbonyl (C=O) groups is 1. The number of hydrogen-bond acceptors (Lipinski definition) is 6. The first-order chi connectivity index (χ1) is 13.2. The summed E-state index contributed by atoms with van der Waals surface area (Å²) >= 11 is 9.14. The fraction of sp³-hybridized carbons (Fsp3) is 0.571. The van der Waals surface area contributed by atoms with Gasteiger partial charge < -0.3 is 0 Å². The summed E-state index contributed by atoms with van der Waals surface area (Å²) in [6, 6.07) is 9.03. The summed E-state index contributed by atoms with van der Waals surface area (Å²) in [5.41, 5.74) is 0. The third kappa shape index (κ3) is 9.93. The molecule has 0 aliphatic carbocycles. The molecule has 6 heteroatoms. The van der Waals surface area contributed by atoms with Crippen LogP contribution in [0, 0.1) is 0 Å². The van der Waals surface area contributed by atoms with Crippen molar-refractivity contribution in [3.8, 4) is 9.75 Å². The van der Waals surface area contributed by atoms with Crippen LogP contribution in [0.1, 0.15) is 58.3 Å². The molecule has 2 aromatic heterocycles. The molecule has 0 unspecified atom stereocenters. The smallest absolute Gasteiger partial charge is 0.185 e. The first-order valence-electron chi connectivity index (χ1n) is 9.69. The summed E-state index contributed by atoms with van der Waals surface area (Å²) in [7, 11) is 0. The molecule has 0 fully saturated rings. The van der Waals surface area contributed by atoms with Crippen molar-refractivity contribution >= 4 is 63.1 Å². The predicted octanol–water partition coefficient (Wildman–Crippen LogP) is 8.69. The van der Waals surface area contributed by atoms with Crippen molar-refractivity contribution in [2.75, 3.05) is 17.8 Å². The summed E-state index contributed by atoms with van der Waals surface area (Å²) in [5, 5.41) is 0.253. The highest BCUT2D eigenvalue weighted by molar-refractivity contribution is 8.13. The van der Waals surface area contributed by atoms with Gasteiger partial charge in [-0.05, 0) is 49.1 Å². The first-order valence-corrected chi connectivity index (χ1v) is 14.5. The molecule has 0 saturated carbocycles. The first kappa shape index (κ1) is 23.4. The zero-order valence-corrected chi connectivity index (χ0v) is 20.4. The molecule has 0 aliphatic rings. The molecule has 0 spiro atoms. The van der Waals surface area contributed by atoms with Gasteiger partial charge in [0.25, 0.3) is 0 Å². The van der Waals surface area contributed by atoms with Crippen LogP contribution < -0.4 is 0 Å². The summed E-state index contributed by atoms with van der Waals surface area (Å²) in [6.07, 6.45) is 12.7. The Balaban J connectivity index is 1.46. The lowest BCUT2D eigenvalue weighted by molar-refractivity contribution is -0.109. The topological polar surface area (TPSA) is 17.1 Å². The third-order valence-corrected chi connectivity index (χ3v) is 9.86. The van der Waals surface area contributed by atoms with Crippen molar-refractivity contribution in [3.05, 3.63) is 24.3 Å². The van der Waals surface area contributed by atoms with E-state index in [0.717, 1.165) is 5.75 Å². The van der Waals surface area contributed by atoms with Gasteiger partial charge >= 0.3 is 0 Å². The van der Waals surface area contributed by atoms with E-state index in [-0.39, 0.29) is 5.12 Å².